The van der Waals surface area contributed by atoms with Crippen LogP contribution in [0.3, 0.4) is 0 Å². The van der Waals surface area contributed by atoms with Crippen molar-refractivity contribution < 1.29 is 23.9 Å². The minimum Gasteiger partial charge on any atom is -0.454 e. The smallest absolute Gasteiger partial charge is 0.330 e. The van der Waals surface area contributed by atoms with Gasteiger partial charge in [-0.3, -0.25) is 19.3 Å². The lowest BCUT2D eigenvalue weighted by Gasteiger charge is -2.41. The molecular weight excluding hydrogens is 396 g/mol. The first-order chi connectivity index (χ1) is 14.9. The monoisotopic (exact) mass is 426 g/mol. The maximum Gasteiger partial charge on any atom is 0.330 e. The summed E-state index contributed by atoms with van der Waals surface area (Å²) in [4.78, 5) is 54.0. The quantitative estimate of drug-likeness (QED) is 0.534. The van der Waals surface area contributed by atoms with Crippen molar-refractivity contribution in [1.82, 2.24) is 9.80 Å². The number of esters is 1. The Hall–Kier alpha value is -2.70. The van der Waals surface area contributed by atoms with Crippen molar-refractivity contribution in [2.45, 2.75) is 52.0 Å². The summed E-state index contributed by atoms with van der Waals surface area (Å²) < 4.78 is 5.35. The molecule has 0 spiro atoms. The van der Waals surface area contributed by atoms with Crippen molar-refractivity contribution in [3.8, 4) is 0 Å². The number of hydrogen-bond donors (Lipinski definition) is 0. The highest BCUT2D eigenvalue weighted by molar-refractivity contribution is 6.22. The molecule has 0 unspecified atom stereocenters. The average molecular weight is 427 g/mol. The average Bonchev–Trinajstić information content (AvgIpc) is 3.02. The highest BCUT2D eigenvalue weighted by Crippen LogP contribution is 2.36. The predicted octanol–water partition coefficient (Wildman–Crippen LogP) is 2.89. The van der Waals surface area contributed by atoms with Gasteiger partial charge < -0.3 is 9.64 Å². The number of likely N-dealkylation sites (tertiary alicyclic amines) is 1. The van der Waals surface area contributed by atoms with Crippen LogP contribution in [0.15, 0.2) is 24.3 Å². The van der Waals surface area contributed by atoms with Gasteiger partial charge in [0.15, 0.2) is 6.61 Å². The second-order valence-electron chi connectivity index (χ2n) is 9.26. The van der Waals surface area contributed by atoms with Crippen LogP contribution in [0, 0.1) is 17.8 Å². The Morgan fingerprint density at radius 1 is 1.00 bits per heavy atom. The van der Waals surface area contributed by atoms with Gasteiger partial charge in [-0.2, -0.15) is 0 Å². The lowest BCUT2D eigenvalue weighted by atomic mass is 9.75. The van der Waals surface area contributed by atoms with Crippen molar-refractivity contribution in [2.75, 3.05) is 19.7 Å². The molecular formula is C24H30N2O5. The number of carbonyl (C=O) groups is 4. The summed E-state index contributed by atoms with van der Waals surface area (Å²) >= 11 is 0. The molecule has 0 bridgehead atoms. The van der Waals surface area contributed by atoms with Crippen LogP contribution < -0.4 is 0 Å². The number of ether oxygens (including phenoxy) is 1. The second kappa shape index (κ2) is 8.81. The summed E-state index contributed by atoms with van der Waals surface area (Å²) in [7, 11) is 0. The molecule has 1 saturated carbocycles. The van der Waals surface area contributed by atoms with Gasteiger partial charge in [-0.1, -0.05) is 45.2 Å². The van der Waals surface area contributed by atoms with Gasteiger partial charge in [0.25, 0.3) is 17.7 Å². The molecule has 1 aromatic rings. The van der Waals surface area contributed by atoms with E-state index in [-0.39, 0.29) is 29.6 Å². The van der Waals surface area contributed by atoms with E-state index < -0.39 is 23.8 Å². The van der Waals surface area contributed by atoms with E-state index in [1.807, 2.05) is 0 Å². The van der Waals surface area contributed by atoms with Crippen molar-refractivity contribution in [3.05, 3.63) is 35.4 Å². The van der Waals surface area contributed by atoms with Gasteiger partial charge >= 0.3 is 5.97 Å². The highest BCUT2D eigenvalue weighted by Gasteiger charge is 2.45. The number of carbonyl (C=O) groups excluding carboxylic acids is 4. The third-order valence-electron chi connectivity index (χ3n) is 6.96. The number of piperidine rings is 1. The fourth-order valence-electron chi connectivity index (χ4n) is 5.27. The lowest BCUT2D eigenvalue weighted by molar-refractivity contribution is -0.157. The van der Waals surface area contributed by atoms with Crippen molar-refractivity contribution in [2.24, 2.45) is 17.8 Å². The van der Waals surface area contributed by atoms with Crippen LogP contribution in [0.1, 0.15) is 66.7 Å². The first-order valence-electron chi connectivity index (χ1n) is 11.3. The molecule has 166 valence electrons. The summed E-state index contributed by atoms with van der Waals surface area (Å²) in [6.07, 6.45) is 5.91. The predicted molar refractivity (Wildman–Crippen MR) is 113 cm³/mol. The molecule has 2 fully saturated rings. The van der Waals surface area contributed by atoms with E-state index in [4.69, 9.17) is 4.74 Å². The first-order valence-corrected chi connectivity index (χ1v) is 11.3. The van der Waals surface area contributed by atoms with E-state index in [1.54, 1.807) is 43.0 Å². The van der Waals surface area contributed by atoms with E-state index >= 15 is 0 Å². The molecule has 3 amide bonds. The molecule has 7 nitrogen and oxygen atoms in total. The molecule has 3 aliphatic rings. The Kier molecular flexibility index (Phi) is 6.12. The Morgan fingerprint density at radius 3 is 2.23 bits per heavy atom. The number of fused-ring (bicyclic) bond motifs is 2. The van der Waals surface area contributed by atoms with Gasteiger partial charge in [-0.25, -0.2) is 4.79 Å². The number of hydrogen-bond acceptors (Lipinski definition) is 5. The van der Waals surface area contributed by atoms with Crippen LogP contribution in [0.4, 0.5) is 0 Å². The Labute approximate surface area is 182 Å². The van der Waals surface area contributed by atoms with E-state index in [0.29, 0.717) is 18.4 Å². The van der Waals surface area contributed by atoms with Gasteiger partial charge in [-0.15, -0.1) is 0 Å². The maximum atomic E-state index is 12.9. The fraction of sp³-hybridized carbons (Fsp3) is 0.583. The standard InChI is InChI=1S/C24H30N2O5/c1-15(2)21(26-22(28)18-9-5-6-10-19(18)23(26)29)24(30)31-14-20(27)25-12-11-16-7-3-4-8-17(16)13-25/h5-6,9-10,15-17,21H,3-4,7-8,11-14H2,1-2H3/t16-,17-,21-/m1/s1. The zero-order valence-corrected chi connectivity index (χ0v) is 18.2. The number of nitrogens with zero attached hydrogens (tertiary/aromatic N) is 2. The first kappa shape index (κ1) is 21.5. The summed E-state index contributed by atoms with van der Waals surface area (Å²) in [6, 6.07) is 5.46. The van der Waals surface area contributed by atoms with E-state index in [2.05, 4.69) is 0 Å². The molecule has 2 heterocycles. The zero-order chi connectivity index (χ0) is 22.1. The van der Waals surface area contributed by atoms with Gasteiger partial charge in [0.1, 0.15) is 6.04 Å². The van der Waals surface area contributed by atoms with Crippen molar-refractivity contribution >= 4 is 23.7 Å². The van der Waals surface area contributed by atoms with Gasteiger partial charge in [0, 0.05) is 13.1 Å². The lowest BCUT2D eigenvalue weighted by Crippen LogP contribution is -2.50. The number of benzene rings is 1. The Bertz CT molecular complexity index is 861. The van der Waals surface area contributed by atoms with Gasteiger partial charge in [0.2, 0.25) is 0 Å². The minimum atomic E-state index is -1.07. The molecule has 2 aliphatic heterocycles. The van der Waals surface area contributed by atoms with Crippen molar-refractivity contribution in [3.63, 3.8) is 0 Å². The zero-order valence-electron chi connectivity index (χ0n) is 18.2. The topological polar surface area (TPSA) is 84.0 Å². The molecule has 31 heavy (non-hydrogen) atoms. The van der Waals surface area contributed by atoms with Crippen LogP contribution in [-0.2, 0) is 14.3 Å². The van der Waals surface area contributed by atoms with Gasteiger partial charge in [-0.05, 0) is 42.7 Å². The Morgan fingerprint density at radius 2 is 1.61 bits per heavy atom. The van der Waals surface area contributed by atoms with Crippen LogP contribution in [0.25, 0.3) is 0 Å². The third-order valence-corrected chi connectivity index (χ3v) is 6.96. The summed E-state index contributed by atoms with van der Waals surface area (Å²) in [5.41, 5.74) is 0.578. The molecule has 7 heteroatoms. The molecule has 1 aliphatic carbocycles. The molecule has 1 aromatic carbocycles. The Balaban J connectivity index is 1.39. The second-order valence-corrected chi connectivity index (χ2v) is 9.26. The van der Waals surface area contributed by atoms with E-state index in [9.17, 15) is 19.2 Å². The largest absolute Gasteiger partial charge is 0.454 e. The van der Waals surface area contributed by atoms with Crippen LogP contribution >= 0.6 is 0 Å². The molecule has 0 N–H and O–H groups in total. The minimum absolute atomic E-state index is 0.206. The summed E-state index contributed by atoms with van der Waals surface area (Å²) in [6.45, 7) is 4.58. The molecule has 3 atom stereocenters. The summed E-state index contributed by atoms with van der Waals surface area (Å²) in [5, 5.41) is 0. The summed E-state index contributed by atoms with van der Waals surface area (Å²) in [5.74, 6) is -1.01. The van der Waals surface area contributed by atoms with Crippen LogP contribution in [0.2, 0.25) is 0 Å². The number of imide groups is 1. The van der Waals surface area contributed by atoms with E-state index in [1.165, 1.54) is 19.3 Å². The molecule has 0 radical (unpaired) electrons. The SMILES string of the molecule is CC(C)[C@H](C(=O)OCC(=O)N1CC[C@H]2CCCC[C@@H]2C1)N1C(=O)c2ccccc2C1=O. The van der Waals surface area contributed by atoms with Crippen LogP contribution in [-0.4, -0.2) is 59.2 Å². The molecule has 1 saturated heterocycles. The normalized spacial score (nSPS) is 24.1. The fourth-order valence-corrected chi connectivity index (χ4v) is 5.27. The molecule has 4 rings (SSSR count). The number of rotatable bonds is 5. The van der Waals surface area contributed by atoms with E-state index in [0.717, 1.165) is 24.3 Å². The van der Waals surface area contributed by atoms with Crippen molar-refractivity contribution in [1.29, 1.82) is 0 Å². The van der Waals surface area contributed by atoms with Crippen LogP contribution in [0.5, 0.6) is 0 Å². The molecule has 0 aromatic heterocycles. The van der Waals surface area contributed by atoms with Gasteiger partial charge in [0.05, 0.1) is 11.1 Å². The number of amides is 3. The third kappa shape index (κ3) is 4.10. The maximum absolute atomic E-state index is 12.9. The highest BCUT2D eigenvalue weighted by atomic mass is 16.5.